The highest BCUT2D eigenvalue weighted by molar-refractivity contribution is 5.92. The number of furan rings is 1. The number of nitrogens with zero attached hydrogens (tertiary/aromatic N) is 2. The van der Waals surface area contributed by atoms with Crippen molar-refractivity contribution in [3.05, 3.63) is 54.2 Å². The molecule has 1 aliphatic rings. The molecule has 1 fully saturated rings. The van der Waals surface area contributed by atoms with Crippen LogP contribution in [0.25, 0.3) is 11.0 Å². The molecule has 0 aliphatic carbocycles. The number of imidazole rings is 1. The number of likely N-dealkylation sites (tertiary alicyclic amines) is 1. The van der Waals surface area contributed by atoms with Gasteiger partial charge in [0, 0.05) is 6.54 Å². The lowest BCUT2D eigenvalue weighted by molar-refractivity contribution is 0.0698. The predicted octanol–water partition coefficient (Wildman–Crippen LogP) is 3.13. The zero-order valence-electron chi connectivity index (χ0n) is 11.5. The van der Waals surface area contributed by atoms with Gasteiger partial charge in [0.05, 0.1) is 23.3 Å². The minimum Gasteiger partial charge on any atom is -0.459 e. The van der Waals surface area contributed by atoms with Crippen LogP contribution in [0.4, 0.5) is 0 Å². The van der Waals surface area contributed by atoms with Crippen LogP contribution >= 0.6 is 0 Å². The second-order valence-corrected chi connectivity index (χ2v) is 5.27. The van der Waals surface area contributed by atoms with Crippen molar-refractivity contribution < 1.29 is 9.21 Å². The summed E-state index contributed by atoms with van der Waals surface area (Å²) in [4.78, 5) is 22.3. The van der Waals surface area contributed by atoms with Crippen molar-refractivity contribution in [2.24, 2.45) is 0 Å². The molecule has 0 saturated carbocycles. The molecule has 4 rings (SSSR count). The van der Waals surface area contributed by atoms with Crippen LogP contribution in [0.2, 0.25) is 0 Å². The summed E-state index contributed by atoms with van der Waals surface area (Å²) in [7, 11) is 0. The average molecular weight is 281 g/mol. The fraction of sp³-hybridized carbons (Fsp3) is 0.250. The Labute approximate surface area is 121 Å². The molecule has 21 heavy (non-hydrogen) atoms. The normalized spacial score (nSPS) is 18.5. The molecule has 1 amide bonds. The number of carbonyl (C=O) groups is 1. The maximum Gasteiger partial charge on any atom is 0.290 e. The van der Waals surface area contributed by atoms with Gasteiger partial charge in [-0.3, -0.25) is 4.79 Å². The molecule has 1 atom stereocenters. The molecule has 3 heterocycles. The zero-order chi connectivity index (χ0) is 14.2. The van der Waals surface area contributed by atoms with Crippen molar-refractivity contribution in [2.75, 3.05) is 6.54 Å². The first kappa shape index (κ1) is 12.2. The molecule has 1 N–H and O–H groups in total. The van der Waals surface area contributed by atoms with Crippen LogP contribution in [-0.4, -0.2) is 27.3 Å². The maximum atomic E-state index is 12.5. The fourth-order valence-electron chi connectivity index (χ4n) is 2.97. The lowest BCUT2D eigenvalue weighted by Gasteiger charge is -2.21. The molecule has 0 bridgehead atoms. The summed E-state index contributed by atoms with van der Waals surface area (Å²) < 4.78 is 5.23. The van der Waals surface area contributed by atoms with E-state index in [1.54, 1.807) is 12.1 Å². The smallest absolute Gasteiger partial charge is 0.290 e. The van der Waals surface area contributed by atoms with E-state index in [0.29, 0.717) is 5.76 Å². The van der Waals surface area contributed by atoms with Crippen molar-refractivity contribution in [1.29, 1.82) is 0 Å². The summed E-state index contributed by atoms with van der Waals surface area (Å²) in [5, 5.41) is 0. The number of carbonyl (C=O) groups excluding carboxylic acids is 1. The molecule has 1 aromatic carbocycles. The monoisotopic (exact) mass is 281 g/mol. The molecule has 2 aromatic heterocycles. The third kappa shape index (κ3) is 2.01. The van der Waals surface area contributed by atoms with E-state index < -0.39 is 0 Å². The SMILES string of the molecule is O=C(c1ccco1)N1CCC[C@@H]1c1nc2ccccc2[nH]1. The maximum absolute atomic E-state index is 12.5. The Hall–Kier alpha value is -2.56. The van der Waals surface area contributed by atoms with Crippen molar-refractivity contribution in [3.8, 4) is 0 Å². The number of hydrogen-bond donors (Lipinski definition) is 1. The van der Waals surface area contributed by atoms with E-state index in [1.165, 1.54) is 6.26 Å². The molecule has 5 nitrogen and oxygen atoms in total. The van der Waals surface area contributed by atoms with Crippen LogP contribution < -0.4 is 0 Å². The van der Waals surface area contributed by atoms with Crippen molar-refractivity contribution in [1.82, 2.24) is 14.9 Å². The Morgan fingerprint density at radius 3 is 3.00 bits per heavy atom. The van der Waals surface area contributed by atoms with Gasteiger partial charge in [-0.2, -0.15) is 0 Å². The number of benzene rings is 1. The Kier molecular flexibility index (Phi) is 2.77. The van der Waals surface area contributed by atoms with Gasteiger partial charge >= 0.3 is 0 Å². The topological polar surface area (TPSA) is 62.1 Å². The summed E-state index contributed by atoms with van der Waals surface area (Å²) in [5.74, 6) is 1.18. The zero-order valence-corrected chi connectivity index (χ0v) is 11.5. The van der Waals surface area contributed by atoms with E-state index in [9.17, 15) is 4.79 Å². The highest BCUT2D eigenvalue weighted by Gasteiger charge is 2.33. The van der Waals surface area contributed by atoms with Crippen LogP contribution in [0, 0.1) is 0 Å². The van der Waals surface area contributed by atoms with E-state index >= 15 is 0 Å². The first-order valence-corrected chi connectivity index (χ1v) is 7.12. The van der Waals surface area contributed by atoms with Gasteiger partial charge in [-0.15, -0.1) is 0 Å². The Bertz CT molecular complexity index is 743. The molecule has 3 aromatic rings. The van der Waals surface area contributed by atoms with Gasteiger partial charge in [-0.05, 0) is 37.1 Å². The summed E-state index contributed by atoms with van der Waals surface area (Å²) in [6.45, 7) is 0.737. The molecular formula is C16H15N3O2. The Balaban J connectivity index is 1.68. The number of nitrogens with one attached hydrogen (secondary N) is 1. The number of fused-ring (bicyclic) bond motifs is 1. The molecule has 1 saturated heterocycles. The molecule has 0 spiro atoms. The summed E-state index contributed by atoms with van der Waals surface area (Å²) in [6, 6.07) is 11.4. The minimum atomic E-state index is -0.0667. The molecule has 0 unspecified atom stereocenters. The predicted molar refractivity (Wildman–Crippen MR) is 77.8 cm³/mol. The molecular weight excluding hydrogens is 266 g/mol. The van der Waals surface area contributed by atoms with Gasteiger partial charge in [-0.1, -0.05) is 12.1 Å². The van der Waals surface area contributed by atoms with Gasteiger partial charge in [0.25, 0.3) is 5.91 Å². The van der Waals surface area contributed by atoms with Crippen LogP contribution in [0.1, 0.15) is 35.3 Å². The number of hydrogen-bond acceptors (Lipinski definition) is 3. The molecule has 5 heteroatoms. The van der Waals surface area contributed by atoms with Crippen LogP contribution in [0.5, 0.6) is 0 Å². The van der Waals surface area contributed by atoms with E-state index in [-0.39, 0.29) is 11.9 Å². The van der Waals surface area contributed by atoms with Crippen molar-refractivity contribution in [3.63, 3.8) is 0 Å². The molecule has 1 aliphatic heterocycles. The van der Waals surface area contributed by atoms with Crippen molar-refractivity contribution in [2.45, 2.75) is 18.9 Å². The van der Waals surface area contributed by atoms with Crippen LogP contribution in [-0.2, 0) is 0 Å². The Morgan fingerprint density at radius 1 is 1.29 bits per heavy atom. The fourth-order valence-corrected chi connectivity index (χ4v) is 2.97. The first-order valence-electron chi connectivity index (χ1n) is 7.12. The van der Waals surface area contributed by atoms with E-state index in [2.05, 4.69) is 9.97 Å². The van der Waals surface area contributed by atoms with Gasteiger partial charge < -0.3 is 14.3 Å². The molecule has 0 radical (unpaired) electrons. The van der Waals surface area contributed by atoms with Gasteiger partial charge in [0.15, 0.2) is 5.76 Å². The van der Waals surface area contributed by atoms with E-state index in [4.69, 9.17) is 4.42 Å². The highest BCUT2D eigenvalue weighted by atomic mass is 16.3. The number of rotatable bonds is 2. The third-order valence-corrected chi connectivity index (χ3v) is 3.97. The minimum absolute atomic E-state index is 0.00463. The number of H-pyrrole nitrogens is 1. The number of para-hydroxylation sites is 2. The summed E-state index contributed by atoms with van der Waals surface area (Å²) in [5.41, 5.74) is 1.94. The van der Waals surface area contributed by atoms with Crippen LogP contribution in [0.15, 0.2) is 47.1 Å². The third-order valence-electron chi connectivity index (χ3n) is 3.97. The number of aromatic amines is 1. The number of amides is 1. The van der Waals surface area contributed by atoms with E-state index in [0.717, 1.165) is 36.2 Å². The van der Waals surface area contributed by atoms with Gasteiger partial charge in [-0.25, -0.2) is 4.98 Å². The lowest BCUT2D eigenvalue weighted by Crippen LogP contribution is -2.30. The Morgan fingerprint density at radius 2 is 2.19 bits per heavy atom. The highest BCUT2D eigenvalue weighted by Crippen LogP contribution is 2.32. The number of aromatic nitrogens is 2. The van der Waals surface area contributed by atoms with Crippen LogP contribution in [0.3, 0.4) is 0 Å². The average Bonchev–Trinajstić information content (AvgIpc) is 3.24. The van der Waals surface area contributed by atoms with E-state index in [1.807, 2.05) is 29.2 Å². The van der Waals surface area contributed by atoms with Gasteiger partial charge in [0.2, 0.25) is 0 Å². The summed E-state index contributed by atoms with van der Waals surface area (Å²) >= 11 is 0. The second-order valence-electron chi connectivity index (χ2n) is 5.27. The molecule has 106 valence electrons. The second kappa shape index (κ2) is 4.77. The van der Waals surface area contributed by atoms with Gasteiger partial charge in [0.1, 0.15) is 5.82 Å². The largest absolute Gasteiger partial charge is 0.459 e. The first-order chi connectivity index (χ1) is 10.3. The summed E-state index contributed by atoms with van der Waals surface area (Å²) in [6.07, 6.45) is 3.43. The lowest BCUT2D eigenvalue weighted by atomic mass is 10.2. The standard InChI is InChI=1S/C16H15N3O2/c20-16(14-8-4-10-21-14)19-9-3-7-13(19)15-17-11-5-1-2-6-12(11)18-15/h1-2,4-6,8,10,13H,3,7,9H2,(H,17,18)/t13-/m1/s1. The quantitative estimate of drug-likeness (QED) is 0.785. The van der Waals surface area contributed by atoms with Crippen molar-refractivity contribution >= 4 is 16.9 Å².